The van der Waals surface area contributed by atoms with Crippen LogP contribution >= 0.6 is 22.7 Å². The average molecular weight is 395 g/mol. The fourth-order valence-corrected chi connectivity index (χ4v) is 4.35. The quantitative estimate of drug-likeness (QED) is 0.565. The molecule has 0 atom stereocenters. The summed E-state index contributed by atoms with van der Waals surface area (Å²) in [5.74, 6) is -0.103. The monoisotopic (exact) mass is 394 g/mol. The average Bonchev–Trinajstić information content (AvgIpc) is 3.24. The number of thiazole rings is 2. The number of hydrogen-bond donors (Lipinski definition) is 0. The second-order valence-electron chi connectivity index (χ2n) is 6.11. The number of allylic oxidation sites excluding steroid dienone is 1. The van der Waals surface area contributed by atoms with Crippen LogP contribution in [0.4, 0.5) is 10.8 Å². The molecule has 1 amide bonds. The number of hydrogen-bond acceptors (Lipinski definition) is 6. The zero-order valence-electron chi connectivity index (χ0n) is 15.5. The van der Waals surface area contributed by atoms with E-state index in [0.29, 0.717) is 21.4 Å². The molecular formula is C20H18N4OS2. The third-order valence-electron chi connectivity index (χ3n) is 3.94. The number of aromatic nitrogens is 2. The maximum Gasteiger partial charge on any atom is 0.230 e. The molecule has 0 saturated carbocycles. The first-order valence-corrected chi connectivity index (χ1v) is 10.0. The van der Waals surface area contributed by atoms with Crippen molar-refractivity contribution >= 4 is 51.0 Å². The molecule has 0 aliphatic rings. The summed E-state index contributed by atoms with van der Waals surface area (Å²) in [5, 5.41) is 14.5. The molecule has 27 heavy (non-hydrogen) atoms. The second kappa shape index (κ2) is 7.82. The molecule has 0 saturated heterocycles. The number of benzene rings is 1. The van der Waals surface area contributed by atoms with Gasteiger partial charge in [-0.15, -0.1) is 22.7 Å². The number of nitriles is 1. The molecule has 0 radical (unpaired) electrons. The van der Waals surface area contributed by atoms with Gasteiger partial charge in [0.1, 0.15) is 11.1 Å². The molecule has 7 heteroatoms. The standard InChI is InChI=1S/C20H18N4OS2/c1-12-6-5-7-13(2)18(12)24(15(4)25)20-23-17(11-27-20)8-16(9-21)19-22-14(3)10-26-19/h5-8,10-11H,1-4H3/b16-8+. The van der Waals surface area contributed by atoms with Crippen LogP contribution in [-0.4, -0.2) is 15.9 Å². The van der Waals surface area contributed by atoms with Crippen molar-refractivity contribution in [3.8, 4) is 6.07 Å². The van der Waals surface area contributed by atoms with E-state index in [1.54, 1.807) is 11.0 Å². The van der Waals surface area contributed by atoms with E-state index in [-0.39, 0.29) is 5.91 Å². The Balaban J connectivity index is 2.01. The number of carbonyl (C=O) groups excluding carboxylic acids is 1. The molecule has 0 bridgehead atoms. The summed E-state index contributed by atoms with van der Waals surface area (Å²) in [6.07, 6.45) is 1.71. The molecule has 0 unspecified atom stereocenters. The number of aryl methyl sites for hydroxylation is 3. The Hall–Kier alpha value is -2.82. The summed E-state index contributed by atoms with van der Waals surface area (Å²) in [6, 6.07) is 8.11. The molecule has 0 spiro atoms. The lowest BCUT2D eigenvalue weighted by atomic mass is 10.1. The van der Waals surface area contributed by atoms with Crippen LogP contribution in [0.15, 0.2) is 29.0 Å². The Morgan fingerprint density at radius 2 is 1.85 bits per heavy atom. The van der Waals surface area contributed by atoms with E-state index in [1.807, 2.05) is 49.7 Å². The van der Waals surface area contributed by atoms with Crippen LogP contribution in [0.2, 0.25) is 0 Å². The van der Waals surface area contributed by atoms with Gasteiger partial charge in [0.2, 0.25) is 5.91 Å². The molecular weight excluding hydrogens is 376 g/mol. The topological polar surface area (TPSA) is 69.9 Å². The predicted octanol–water partition coefficient (Wildman–Crippen LogP) is 5.27. The maximum absolute atomic E-state index is 12.4. The number of carbonyl (C=O) groups is 1. The van der Waals surface area contributed by atoms with Crippen molar-refractivity contribution in [2.75, 3.05) is 4.90 Å². The van der Waals surface area contributed by atoms with E-state index in [9.17, 15) is 10.1 Å². The molecule has 136 valence electrons. The lowest BCUT2D eigenvalue weighted by Gasteiger charge is -2.22. The maximum atomic E-state index is 12.4. The van der Waals surface area contributed by atoms with E-state index in [1.165, 1.54) is 29.6 Å². The van der Waals surface area contributed by atoms with Crippen LogP contribution in [0.5, 0.6) is 0 Å². The van der Waals surface area contributed by atoms with Crippen LogP contribution < -0.4 is 4.90 Å². The summed E-state index contributed by atoms with van der Waals surface area (Å²) in [5.41, 5.74) is 4.85. The van der Waals surface area contributed by atoms with Crippen LogP contribution in [0, 0.1) is 32.1 Å². The van der Waals surface area contributed by atoms with E-state index in [0.717, 1.165) is 22.5 Å². The van der Waals surface area contributed by atoms with Gasteiger partial charge in [-0.3, -0.25) is 9.69 Å². The molecule has 0 aliphatic carbocycles. The minimum absolute atomic E-state index is 0.103. The summed E-state index contributed by atoms with van der Waals surface area (Å²) in [4.78, 5) is 23.0. The van der Waals surface area contributed by atoms with Gasteiger partial charge >= 0.3 is 0 Å². The van der Waals surface area contributed by atoms with Crippen molar-refractivity contribution in [1.82, 2.24) is 9.97 Å². The van der Waals surface area contributed by atoms with Crippen molar-refractivity contribution in [3.63, 3.8) is 0 Å². The first-order valence-electron chi connectivity index (χ1n) is 8.27. The molecule has 0 aliphatic heterocycles. The summed E-state index contributed by atoms with van der Waals surface area (Å²) >= 11 is 2.80. The second-order valence-corrected chi connectivity index (χ2v) is 7.81. The zero-order chi connectivity index (χ0) is 19.6. The third kappa shape index (κ3) is 3.97. The Kier molecular flexibility index (Phi) is 5.49. The van der Waals surface area contributed by atoms with Crippen molar-refractivity contribution in [1.29, 1.82) is 5.26 Å². The molecule has 0 N–H and O–H groups in total. The largest absolute Gasteiger partial charge is 0.274 e. The van der Waals surface area contributed by atoms with Crippen molar-refractivity contribution < 1.29 is 4.79 Å². The fourth-order valence-electron chi connectivity index (χ4n) is 2.76. The highest BCUT2D eigenvalue weighted by Crippen LogP contribution is 2.34. The van der Waals surface area contributed by atoms with Gasteiger partial charge in [-0.25, -0.2) is 9.97 Å². The van der Waals surface area contributed by atoms with Crippen molar-refractivity contribution in [2.45, 2.75) is 27.7 Å². The van der Waals surface area contributed by atoms with E-state index in [4.69, 9.17) is 0 Å². The molecule has 3 rings (SSSR count). The van der Waals surface area contributed by atoms with Gasteiger partial charge < -0.3 is 0 Å². The van der Waals surface area contributed by atoms with Crippen molar-refractivity contribution in [3.05, 3.63) is 56.5 Å². The van der Waals surface area contributed by atoms with Gasteiger partial charge in [0.15, 0.2) is 5.13 Å². The summed E-state index contributed by atoms with van der Waals surface area (Å²) in [7, 11) is 0. The Morgan fingerprint density at radius 3 is 2.41 bits per heavy atom. The first kappa shape index (κ1) is 19.0. The molecule has 5 nitrogen and oxygen atoms in total. The number of anilines is 2. The molecule has 2 heterocycles. The smallest absolute Gasteiger partial charge is 0.230 e. The molecule has 3 aromatic rings. The van der Waals surface area contributed by atoms with Gasteiger partial charge in [0, 0.05) is 23.4 Å². The van der Waals surface area contributed by atoms with Gasteiger partial charge in [-0.1, -0.05) is 18.2 Å². The fraction of sp³-hybridized carbons (Fsp3) is 0.200. The van der Waals surface area contributed by atoms with Crippen LogP contribution in [0.1, 0.15) is 34.4 Å². The number of para-hydroxylation sites is 1. The van der Waals surface area contributed by atoms with Gasteiger partial charge in [-0.2, -0.15) is 5.26 Å². The summed E-state index contributed by atoms with van der Waals surface area (Å²) < 4.78 is 0. The highest BCUT2D eigenvalue weighted by Gasteiger charge is 2.21. The molecule has 2 aromatic heterocycles. The number of nitrogens with zero attached hydrogens (tertiary/aromatic N) is 4. The van der Waals surface area contributed by atoms with Crippen molar-refractivity contribution in [2.24, 2.45) is 0 Å². The minimum atomic E-state index is -0.103. The third-order valence-corrected chi connectivity index (χ3v) is 5.78. The number of rotatable bonds is 4. The van der Waals surface area contributed by atoms with E-state index < -0.39 is 0 Å². The van der Waals surface area contributed by atoms with Crippen LogP contribution in [0.25, 0.3) is 11.6 Å². The van der Waals surface area contributed by atoms with Crippen LogP contribution in [-0.2, 0) is 4.79 Å². The van der Waals surface area contributed by atoms with Gasteiger partial charge in [0.25, 0.3) is 0 Å². The van der Waals surface area contributed by atoms with Gasteiger partial charge in [-0.05, 0) is 38.0 Å². The normalized spacial score (nSPS) is 11.3. The predicted molar refractivity (Wildman–Crippen MR) is 111 cm³/mol. The highest BCUT2D eigenvalue weighted by molar-refractivity contribution is 7.14. The Morgan fingerprint density at radius 1 is 1.15 bits per heavy atom. The molecule has 0 fully saturated rings. The number of amides is 1. The Labute approximate surface area is 166 Å². The van der Waals surface area contributed by atoms with Crippen LogP contribution in [0.3, 0.4) is 0 Å². The van der Waals surface area contributed by atoms with E-state index >= 15 is 0 Å². The zero-order valence-corrected chi connectivity index (χ0v) is 17.1. The summed E-state index contributed by atoms with van der Waals surface area (Å²) in [6.45, 7) is 7.38. The highest BCUT2D eigenvalue weighted by atomic mass is 32.1. The first-order chi connectivity index (χ1) is 12.9. The SMILES string of the molecule is CC(=O)N(c1nc(/C=C(\C#N)c2nc(C)cs2)cs1)c1c(C)cccc1C. The lowest BCUT2D eigenvalue weighted by Crippen LogP contribution is -2.24. The molecule has 1 aromatic carbocycles. The van der Waals surface area contributed by atoms with E-state index in [2.05, 4.69) is 16.0 Å². The minimum Gasteiger partial charge on any atom is -0.274 e. The van der Waals surface area contributed by atoms with Gasteiger partial charge in [0.05, 0.1) is 17.0 Å². The Bertz CT molecular complexity index is 1050. The lowest BCUT2D eigenvalue weighted by molar-refractivity contribution is -0.115.